The fourth-order valence-electron chi connectivity index (χ4n) is 2.53. The molecule has 1 atom stereocenters. The van der Waals surface area contributed by atoms with Gasteiger partial charge in [-0.1, -0.05) is 19.1 Å². The number of aliphatic hydroxyl groups is 1. The van der Waals surface area contributed by atoms with E-state index in [0.717, 1.165) is 25.9 Å². The number of hydrogen-bond donors (Lipinski definition) is 1. The zero-order valence-corrected chi connectivity index (χ0v) is 10.3. The van der Waals surface area contributed by atoms with Gasteiger partial charge in [0.15, 0.2) is 0 Å². The predicted octanol–water partition coefficient (Wildman–Crippen LogP) is 2.94. The highest BCUT2D eigenvalue weighted by Crippen LogP contribution is 2.28. The van der Waals surface area contributed by atoms with Crippen LogP contribution in [-0.4, -0.2) is 18.2 Å². The van der Waals surface area contributed by atoms with E-state index in [2.05, 4.69) is 11.8 Å². The molecule has 0 aliphatic carbocycles. The first kappa shape index (κ1) is 12.4. The Kier molecular flexibility index (Phi) is 4.00. The third kappa shape index (κ3) is 2.78. The van der Waals surface area contributed by atoms with E-state index in [1.165, 1.54) is 12.5 Å². The summed E-state index contributed by atoms with van der Waals surface area (Å²) in [6.07, 6.45) is 3.40. The van der Waals surface area contributed by atoms with Crippen molar-refractivity contribution in [2.24, 2.45) is 5.92 Å². The van der Waals surface area contributed by atoms with Crippen molar-refractivity contribution in [1.82, 2.24) is 0 Å². The van der Waals surface area contributed by atoms with Crippen LogP contribution in [0.3, 0.4) is 0 Å². The molecule has 1 aliphatic rings. The molecule has 2 nitrogen and oxygen atoms in total. The van der Waals surface area contributed by atoms with E-state index in [1.54, 1.807) is 12.1 Å². The number of anilines is 1. The highest BCUT2D eigenvalue weighted by molar-refractivity contribution is 5.54. The third-order valence-corrected chi connectivity index (χ3v) is 3.57. The molecule has 0 saturated carbocycles. The monoisotopic (exact) mass is 237 g/mol. The van der Waals surface area contributed by atoms with Crippen LogP contribution in [0.4, 0.5) is 10.1 Å². The Hall–Kier alpha value is -1.09. The van der Waals surface area contributed by atoms with Crippen LogP contribution in [0.1, 0.15) is 31.7 Å². The van der Waals surface area contributed by atoms with Gasteiger partial charge in [-0.05, 0) is 31.2 Å². The van der Waals surface area contributed by atoms with Gasteiger partial charge in [0.2, 0.25) is 0 Å². The van der Waals surface area contributed by atoms with E-state index in [1.807, 2.05) is 0 Å². The van der Waals surface area contributed by atoms with Crippen LogP contribution in [0.2, 0.25) is 0 Å². The summed E-state index contributed by atoms with van der Waals surface area (Å²) in [4.78, 5) is 2.09. The summed E-state index contributed by atoms with van der Waals surface area (Å²) in [5.74, 6) is 0.496. The zero-order chi connectivity index (χ0) is 12.3. The maximum Gasteiger partial charge on any atom is 0.146 e. The van der Waals surface area contributed by atoms with Crippen LogP contribution in [0, 0.1) is 11.7 Å². The van der Waals surface area contributed by atoms with Crippen molar-refractivity contribution in [2.75, 3.05) is 18.0 Å². The van der Waals surface area contributed by atoms with Crippen molar-refractivity contribution in [2.45, 2.75) is 32.8 Å². The highest BCUT2D eigenvalue weighted by atomic mass is 19.1. The maximum absolute atomic E-state index is 13.9. The molecule has 1 N–H and O–H groups in total. The molecule has 3 heteroatoms. The largest absolute Gasteiger partial charge is 0.392 e. The van der Waals surface area contributed by atoms with E-state index in [4.69, 9.17) is 0 Å². The summed E-state index contributed by atoms with van der Waals surface area (Å²) < 4.78 is 13.9. The number of hydrogen-bond acceptors (Lipinski definition) is 2. The third-order valence-electron chi connectivity index (χ3n) is 3.57. The Morgan fingerprint density at radius 3 is 2.94 bits per heavy atom. The molecule has 2 rings (SSSR count). The van der Waals surface area contributed by atoms with Crippen molar-refractivity contribution in [3.05, 3.63) is 29.6 Å². The van der Waals surface area contributed by atoms with Crippen LogP contribution in [0.15, 0.2) is 18.2 Å². The summed E-state index contributed by atoms with van der Waals surface area (Å²) in [7, 11) is 0. The molecule has 0 radical (unpaired) electrons. The lowest BCUT2D eigenvalue weighted by molar-refractivity contribution is 0.281. The Morgan fingerprint density at radius 2 is 2.18 bits per heavy atom. The first-order valence-corrected chi connectivity index (χ1v) is 6.35. The number of nitrogens with zero attached hydrogens (tertiary/aromatic N) is 1. The standard InChI is InChI=1S/C14H20FNO/c1-11-4-3-8-16(9-7-11)14-12(10-17)5-2-6-13(14)15/h2,5-6,11,17H,3-4,7-10H2,1H3. The summed E-state index contributed by atoms with van der Waals surface area (Å²) >= 11 is 0. The molecule has 1 aromatic carbocycles. The van der Waals surface area contributed by atoms with Gasteiger partial charge in [0.05, 0.1) is 12.3 Å². The van der Waals surface area contributed by atoms with Crippen LogP contribution < -0.4 is 4.90 Å². The van der Waals surface area contributed by atoms with Gasteiger partial charge in [0.25, 0.3) is 0 Å². The average molecular weight is 237 g/mol. The minimum Gasteiger partial charge on any atom is -0.392 e. The fraction of sp³-hybridized carbons (Fsp3) is 0.571. The molecule has 0 bridgehead atoms. The van der Waals surface area contributed by atoms with Crippen LogP contribution in [0.25, 0.3) is 0 Å². The van der Waals surface area contributed by atoms with Crippen LogP contribution in [-0.2, 0) is 6.61 Å². The van der Waals surface area contributed by atoms with Gasteiger partial charge in [-0.25, -0.2) is 4.39 Å². The minimum absolute atomic E-state index is 0.0981. The van der Waals surface area contributed by atoms with Crippen LogP contribution in [0.5, 0.6) is 0 Å². The lowest BCUT2D eigenvalue weighted by atomic mass is 10.0. The Morgan fingerprint density at radius 1 is 1.35 bits per heavy atom. The number of halogens is 1. The normalized spacial score (nSPS) is 21.4. The summed E-state index contributed by atoms with van der Waals surface area (Å²) in [6, 6.07) is 4.93. The second kappa shape index (κ2) is 5.50. The number of aliphatic hydroxyl groups excluding tert-OH is 1. The van der Waals surface area contributed by atoms with Gasteiger partial charge >= 0.3 is 0 Å². The molecule has 1 fully saturated rings. The molecular formula is C14H20FNO. The fourth-order valence-corrected chi connectivity index (χ4v) is 2.53. The molecule has 1 aliphatic heterocycles. The van der Waals surface area contributed by atoms with E-state index in [-0.39, 0.29) is 12.4 Å². The highest BCUT2D eigenvalue weighted by Gasteiger charge is 2.19. The molecule has 17 heavy (non-hydrogen) atoms. The first-order valence-electron chi connectivity index (χ1n) is 6.35. The van der Waals surface area contributed by atoms with Gasteiger partial charge in [-0.2, -0.15) is 0 Å². The summed E-state index contributed by atoms with van der Waals surface area (Å²) in [5, 5.41) is 9.30. The predicted molar refractivity (Wildman–Crippen MR) is 67.6 cm³/mol. The van der Waals surface area contributed by atoms with Crippen molar-refractivity contribution in [1.29, 1.82) is 0 Å². The zero-order valence-electron chi connectivity index (χ0n) is 10.3. The number of rotatable bonds is 2. The lowest BCUT2D eigenvalue weighted by Crippen LogP contribution is -2.26. The number of benzene rings is 1. The second-order valence-corrected chi connectivity index (χ2v) is 4.93. The molecule has 1 unspecified atom stereocenters. The molecular weight excluding hydrogens is 217 g/mol. The van der Waals surface area contributed by atoms with Crippen molar-refractivity contribution in [3.8, 4) is 0 Å². The first-order chi connectivity index (χ1) is 8.22. The Bertz CT molecular complexity index is 380. The average Bonchev–Trinajstić information content (AvgIpc) is 2.54. The molecule has 1 heterocycles. The summed E-state index contributed by atoms with van der Waals surface area (Å²) in [6.45, 7) is 3.92. The van der Waals surface area contributed by atoms with Gasteiger partial charge in [-0.15, -0.1) is 0 Å². The lowest BCUT2D eigenvalue weighted by Gasteiger charge is -2.25. The molecule has 0 spiro atoms. The summed E-state index contributed by atoms with van der Waals surface area (Å²) in [5.41, 5.74) is 1.30. The SMILES string of the molecule is CC1CCCN(c2c(F)cccc2CO)CC1. The number of para-hydroxylation sites is 1. The van der Waals surface area contributed by atoms with Crippen molar-refractivity contribution in [3.63, 3.8) is 0 Å². The Labute approximate surface area is 102 Å². The Balaban J connectivity index is 2.26. The van der Waals surface area contributed by atoms with E-state index in [9.17, 15) is 9.50 Å². The maximum atomic E-state index is 13.9. The minimum atomic E-state index is -0.217. The van der Waals surface area contributed by atoms with E-state index >= 15 is 0 Å². The van der Waals surface area contributed by atoms with Crippen LogP contribution >= 0.6 is 0 Å². The van der Waals surface area contributed by atoms with Gasteiger partial charge in [0, 0.05) is 18.7 Å². The van der Waals surface area contributed by atoms with E-state index in [0.29, 0.717) is 17.2 Å². The van der Waals surface area contributed by atoms with Crippen molar-refractivity contribution >= 4 is 5.69 Å². The van der Waals surface area contributed by atoms with E-state index < -0.39 is 0 Å². The van der Waals surface area contributed by atoms with Gasteiger partial charge in [0.1, 0.15) is 5.82 Å². The quantitative estimate of drug-likeness (QED) is 0.855. The van der Waals surface area contributed by atoms with Gasteiger partial charge < -0.3 is 10.0 Å². The topological polar surface area (TPSA) is 23.5 Å². The molecule has 1 aromatic rings. The molecule has 1 saturated heterocycles. The smallest absolute Gasteiger partial charge is 0.146 e. The second-order valence-electron chi connectivity index (χ2n) is 4.93. The molecule has 0 aromatic heterocycles. The molecule has 94 valence electrons. The molecule has 0 amide bonds. The van der Waals surface area contributed by atoms with Crippen molar-refractivity contribution < 1.29 is 9.50 Å². The van der Waals surface area contributed by atoms with Gasteiger partial charge in [-0.3, -0.25) is 0 Å².